The summed E-state index contributed by atoms with van der Waals surface area (Å²) in [6.45, 7) is 9.31. The predicted molar refractivity (Wildman–Crippen MR) is 144 cm³/mol. The van der Waals surface area contributed by atoms with E-state index in [-0.39, 0.29) is 17.7 Å². The zero-order valence-electron chi connectivity index (χ0n) is 21.7. The van der Waals surface area contributed by atoms with Crippen molar-refractivity contribution in [1.82, 2.24) is 4.31 Å². The predicted octanol–water partition coefficient (Wildman–Crippen LogP) is 7.65. The van der Waals surface area contributed by atoms with Crippen LogP contribution in [0, 0.1) is 6.92 Å². The van der Waals surface area contributed by atoms with Crippen molar-refractivity contribution < 1.29 is 18.0 Å². The first kappa shape index (κ1) is 30.8. The molecular formula is C29H45NO4S. The number of hydrogen-bond donors (Lipinski definition) is 0. The second kappa shape index (κ2) is 18.1. The number of benzene rings is 1. The minimum atomic E-state index is -4.22. The van der Waals surface area contributed by atoms with Crippen LogP contribution in [0.3, 0.4) is 0 Å². The molecule has 35 heavy (non-hydrogen) atoms. The summed E-state index contributed by atoms with van der Waals surface area (Å²) in [5.74, 6) is -1.24. The average Bonchev–Trinajstić information content (AvgIpc) is 2.82. The summed E-state index contributed by atoms with van der Waals surface area (Å²) >= 11 is 0. The van der Waals surface area contributed by atoms with E-state index in [9.17, 15) is 18.0 Å². The van der Waals surface area contributed by atoms with Crippen molar-refractivity contribution in [3.63, 3.8) is 0 Å². The van der Waals surface area contributed by atoms with Crippen LogP contribution < -0.4 is 0 Å². The van der Waals surface area contributed by atoms with E-state index in [2.05, 4.69) is 13.2 Å². The molecule has 0 spiro atoms. The fourth-order valence-electron chi connectivity index (χ4n) is 3.97. The molecule has 0 aliphatic carbocycles. The average molecular weight is 504 g/mol. The number of amides is 2. The Morgan fingerprint density at radius 3 is 1.46 bits per heavy atom. The summed E-state index contributed by atoms with van der Waals surface area (Å²) in [5.41, 5.74) is 0.911. The van der Waals surface area contributed by atoms with E-state index < -0.39 is 21.8 Å². The van der Waals surface area contributed by atoms with E-state index in [0.717, 1.165) is 82.6 Å². The Labute approximate surface area is 213 Å². The van der Waals surface area contributed by atoms with Gasteiger partial charge in [-0.15, -0.1) is 13.2 Å². The van der Waals surface area contributed by atoms with Crippen molar-refractivity contribution in [3.8, 4) is 0 Å². The van der Waals surface area contributed by atoms with Crippen molar-refractivity contribution in [3.05, 3.63) is 55.1 Å². The lowest BCUT2D eigenvalue weighted by atomic mass is 10.1. The maximum absolute atomic E-state index is 13.3. The number of unbranched alkanes of at least 4 members (excludes halogenated alkanes) is 12. The van der Waals surface area contributed by atoms with Gasteiger partial charge in [0.2, 0.25) is 11.8 Å². The van der Waals surface area contributed by atoms with Crippen LogP contribution in [-0.4, -0.2) is 24.5 Å². The zero-order chi connectivity index (χ0) is 25.9. The first-order valence-electron chi connectivity index (χ1n) is 13.2. The Hall–Kier alpha value is -2.21. The number of aryl methyl sites for hydroxylation is 1. The van der Waals surface area contributed by atoms with Gasteiger partial charge in [-0.1, -0.05) is 81.2 Å². The number of rotatable bonds is 20. The van der Waals surface area contributed by atoms with E-state index >= 15 is 0 Å². The summed E-state index contributed by atoms with van der Waals surface area (Å²) in [5, 5.41) is 0. The molecule has 5 nitrogen and oxygen atoms in total. The second-order valence-electron chi connectivity index (χ2n) is 9.27. The number of carbonyl (C=O) groups excluding carboxylic acids is 2. The molecule has 0 aromatic heterocycles. The molecule has 0 aliphatic heterocycles. The van der Waals surface area contributed by atoms with E-state index in [1.165, 1.54) is 12.1 Å². The van der Waals surface area contributed by atoms with Crippen LogP contribution in [0.25, 0.3) is 0 Å². The molecule has 1 aromatic carbocycles. The van der Waals surface area contributed by atoms with Crippen LogP contribution in [0.4, 0.5) is 0 Å². The third-order valence-corrected chi connectivity index (χ3v) is 7.87. The number of allylic oxidation sites excluding steroid dienone is 2. The molecule has 6 heteroatoms. The summed E-state index contributed by atoms with van der Waals surface area (Å²) in [4.78, 5) is 26.0. The van der Waals surface area contributed by atoms with Crippen LogP contribution in [0.2, 0.25) is 0 Å². The first-order chi connectivity index (χ1) is 16.8. The first-order valence-corrected chi connectivity index (χ1v) is 14.7. The highest BCUT2D eigenvalue weighted by Gasteiger charge is 2.34. The van der Waals surface area contributed by atoms with Gasteiger partial charge in [-0.2, -0.15) is 4.31 Å². The summed E-state index contributed by atoms with van der Waals surface area (Å²) in [6, 6.07) is 6.28. The molecule has 2 amide bonds. The smallest absolute Gasteiger partial charge is 0.273 e. The maximum atomic E-state index is 13.3. The Morgan fingerprint density at radius 1 is 0.686 bits per heavy atom. The van der Waals surface area contributed by atoms with Gasteiger partial charge < -0.3 is 0 Å². The minimum Gasteiger partial charge on any atom is -0.273 e. The third kappa shape index (κ3) is 12.4. The van der Waals surface area contributed by atoms with Crippen LogP contribution in [0.5, 0.6) is 0 Å². The molecule has 0 N–H and O–H groups in total. The van der Waals surface area contributed by atoms with Crippen LogP contribution in [0.1, 0.15) is 108 Å². The van der Waals surface area contributed by atoms with E-state index in [1.54, 1.807) is 12.1 Å². The quantitative estimate of drug-likeness (QED) is 0.135. The summed E-state index contributed by atoms with van der Waals surface area (Å²) in [6.07, 6.45) is 17.5. The molecule has 0 aliphatic rings. The Balaban J connectivity index is 2.69. The fraction of sp³-hybridized carbons (Fsp3) is 0.586. The maximum Gasteiger partial charge on any atom is 0.273 e. The van der Waals surface area contributed by atoms with Crippen LogP contribution in [-0.2, 0) is 19.6 Å². The van der Waals surface area contributed by atoms with Crippen molar-refractivity contribution in [1.29, 1.82) is 0 Å². The Kier molecular flexibility index (Phi) is 16.0. The van der Waals surface area contributed by atoms with Gasteiger partial charge in [0.1, 0.15) is 0 Å². The molecule has 1 rings (SSSR count). The van der Waals surface area contributed by atoms with Gasteiger partial charge >= 0.3 is 0 Å². The third-order valence-electron chi connectivity index (χ3n) is 6.11. The molecule has 0 radical (unpaired) electrons. The molecule has 1 aromatic rings. The van der Waals surface area contributed by atoms with Crippen molar-refractivity contribution >= 4 is 21.8 Å². The molecule has 0 bridgehead atoms. The zero-order valence-corrected chi connectivity index (χ0v) is 22.5. The monoisotopic (exact) mass is 503 g/mol. The highest BCUT2D eigenvalue weighted by molar-refractivity contribution is 7.90. The number of hydrogen-bond acceptors (Lipinski definition) is 4. The Morgan fingerprint density at radius 2 is 1.06 bits per heavy atom. The van der Waals surface area contributed by atoms with Crippen molar-refractivity contribution in [2.24, 2.45) is 0 Å². The lowest BCUT2D eigenvalue weighted by molar-refractivity contribution is -0.138. The van der Waals surface area contributed by atoms with Gasteiger partial charge in [0, 0.05) is 12.8 Å². The summed E-state index contributed by atoms with van der Waals surface area (Å²) < 4.78 is 27.1. The molecule has 0 atom stereocenters. The van der Waals surface area contributed by atoms with E-state index in [4.69, 9.17) is 0 Å². The highest BCUT2D eigenvalue weighted by Crippen LogP contribution is 2.21. The number of sulfonamides is 1. The van der Waals surface area contributed by atoms with Gasteiger partial charge in [0.15, 0.2) is 0 Å². The van der Waals surface area contributed by atoms with E-state index in [0.29, 0.717) is 17.1 Å². The topological polar surface area (TPSA) is 71.5 Å². The Bertz CT molecular complexity index is 838. The SMILES string of the molecule is C=CCCCCCCCCC(=O)N(C(=O)CCCCCCCCC=C)S(=O)(=O)c1ccc(C)cc1. The van der Waals surface area contributed by atoms with Crippen molar-refractivity contribution in [2.75, 3.05) is 0 Å². The largest absolute Gasteiger partial charge is 0.273 e. The van der Waals surface area contributed by atoms with Crippen LogP contribution in [0.15, 0.2) is 54.5 Å². The molecule has 0 unspecified atom stereocenters. The molecule has 0 fully saturated rings. The van der Waals surface area contributed by atoms with Gasteiger partial charge in [0.05, 0.1) is 4.90 Å². The van der Waals surface area contributed by atoms with Gasteiger partial charge in [0.25, 0.3) is 10.0 Å². The lowest BCUT2D eigenvalue weighted by Crippen LogP contribution is -2.41. The second-order valence-corrected chi connectivity index (χ2v) is 11.1. The number of imide groups is 1. The standard InChI is InChI=1S/C29H45NO4S/c1-4-6-8-10-12-14-16-18-20-28(31)30(35(33,34)27-24-22-26(3)23-25-27)29(32)21-19-17-15-13-11-9-7-5-2/h4-5,22-25H,1-2,6-21H2,3H3. The van der Waals surface area contributed by atoms with E-state index in [1.807, 2.05) is 19.1 Å². The molecular weight excluding hydrogens is 458 g/mol. The molecule has 0 heterocycles. The van der Waals surface area contributed by atoms with Gasteiger partial charge in [-0.05, 0) is 57.6 Å². The van der Waals surface area contributed by atoms with Gasteiger partial charge in [-0.3, -0.25) is 9.59 Å². The molecule has 0 saturated carbocycles. The highest BCUT2D eigenvalue weighted by atomic mass is 32.2. The van der Waals surface area contributed by atoms with Crippen molar-refractivity contribution in [2.45, 2.75) is 115 Å². The minimum absolute atomic E-state index is 0.0192. The van der Waals surface area contributed by atoms with Crippen LogP contribution >= 0.6 is 0 Å². The number of nitrogens with zero attached hydrogens (tertiary/aromatic N) is 1. The number of carbonyl (C=O) groups is 2. The normalized spacial score (nSPS) is 11.2. The van der Waals surface area contributed by atoms with Gasteiger partial charge in [-0.25, -0.2) is 8.42 Å². The lowest BCUT2D eigenvalue weighted by Gasteiger charge is -2.21. The molecule has 0 saturated heterocycles. The fourth-order valence-corrected chi connectivity index (χ4v) is 5.38. The summed E-state index contributed by atoms with van der Waals surface area (Å²) in [7, 11) is -4.22. The molecule has 196 valence electrons.